The van der Waals surface area contributed by atoms with Gasteiger partial charge in [0.1, 0.15) is 0 Å². The molecular formula is C13H28N2O2S. The molecule has 108 valence electrons. The third-order valence-electron chi connectivity index (χ3n) is 3.59. The molecule has 1 aliphatic rings. The molecule has 0 aromatic heterocycles. The summed E-state index contributed by atoms with van der Waals surface area (Å²) in [4.78, 5) is 2.49. The topological polar surface area (TPSA) is 49.4 Å². The first-order chi connectivity index (χ1) is 8.44. The Morgan fingerprint density at radius 1 is 1.33 bits per heavy atom. The first-order valence-electron chi connectivity index (χ1n) is 7.09. The van der Waals surface area contributed by atoms with Crippen LogP contribution in [-0.4, -0.2) is 57.0 Å². The number of likely N-dealkylation sites (tertiary alicyclic amines) is 1. The molecule has 1 rings (SSSR count). The van der Waals surface area contributed by atoms with E-state index in [-0.39, 0.29) is 5.75 Å². The molecule has 0 bridgehead atoms. The molecule has 0 aliphatic carbocycles. The zero-order chi connectivity index (χ0) is 13.6. The fourth-order valence-corrected chi connectivity index (χ4v) is 3.73. The maximum atomic E-state index is 11.5. The van der Waals surface area contributed by atoms with Crippen LogP contribution in [0.4, 0.5) is 0 Å². The minimum atomic E-state index is -2.82. The standard InChI is InChI=1S/C13H28N2O2S/c1-4-8-18(16,17)9-6-14-10-13-5-7-15(11-13)12(2)3/h12-14H,4-11H2,1-3H3. The lowest BCUT2D eigenvalue weighted by molar-refractivity contribution is 0.264. The molecule has 0 amide bonds. The van der Waals surface area contributed by atoms with Crippen molar-refractivity contribution < 1.29 is 8.42 Å². The Balaban J connectivity index is 2.13. The van der Waals surface area contributed by atoms with Crippen LogP contribution in [0.15, 0.2) is 0 Å². The van der Waals surface area contributed by atoms with Crippen molar-refractivity contribution in [3.8, 4) is 0 Å². The van der Waals surface area contributed by atoms with Gasteiger partial charge >= 0.3 is 0 Å². The molecule has 0 aromatic rings. The van der Waals surface area contributed by atoms with Gasteiger partial charge in [-0.2, -0.15) is 0 Å². The van der Waals surface area contributed by atoms with Crippen LogP contribution in [-0.2, 0) is 9.84 Å². The van der Waals surface area contributed by atoms with Crippen molar-refractivity contribution in [3.63, 3.8) is 0 Å². The summed E-state index contributed by atoms with van der Waals surface area (Å²) >= 11 is 0. The molecule has 5 heteroatoms. The van der Waals surface area contributed by atoms with Crippen molar-refractivity contribution in [3.05, 3.63) is 0 Å². The normalized spacial score (nSPS) is 21.9. The molecule has 1 saturated heterocycles. The van der Waals surface area contributed by atoms with E-state index in [9.17, 15) is 8.42 Å². The predicted molar refractivity (Wildman–Crippen MR) is 76.6 cm³/mol. The predicted octanol–water partition coefficient (Wildman–Crippen LogP) is 1.13. The van der Waals surface area contributed by atoms with Gasteiger partial charge in [0.25, 0.3) is 0 Å². The summed E-state index contributed by atoms with van der Waals surface area (Å²) in [7, 11) is -2.82. The van der Waals surface area contributed by atoms with Gasteiger partial charge in [0.2, 0.25) is 0 Å². The molecule has 0 aromatic carbocycles. The first kappa shape index (κ1) is 15.9. The lowest BCUT2D eigenvalue weighted by atomic mass is 10.1. The molecular weight excluding hydrogens is 248 g/mol. The number of hydrogen-bond acceptors (Lipinski definition) is 4. The Kier molecular flexibility index (Phi) is 6.60. The lowest BCUT2D eigenvalue weighted by Crippen LogP contribution is -2.32. The van der Waals surface area contributed by atoms with Gasteiger partial charge in [-0.1, -0.05) is 6.92 Å². The quantitative estimate of drug-likeness (QED) is 0.675. The first-order valence-corrected chi connectivity index (χ1v) is 8.92. The molecule has 1 N–H and O–H groups in total. The van der Waals surface area contributed by atoms with Gasteiger partial charge in [-0.05, 0) is 45.7 Å². The summed E-state index contributed by atoms with van der Waals surface area (Å²) in [6, 6.07) is 0.625. The van der Waals surface area contributed by atoms with E-state index in [0.29, 0.717) is 30.7 Å². The maximum absolute atomic E-state index is 11.5. The summed E-state index contributed by atoms with van der Waals surface area (Å²) in [5.41, 5.74) is 0. The van der Waals surface area contributed by atoms with Crippen molar-refractivity contribution >= 4 is 9.84 Å². The smallest absolute Gasteiger partial charge is 0.151 e. The summed E-state index contributed by atoms with van der Waals surface area (Å²) in [5.74, 6) is 1.28. The van der Waals surface area contributed by atoms with Crippen molar-refractivity contribution in [2.45, 2.75) is 39.7 Å². The lowest BCUT2D eigenvalue weighted by Gasteiger charge is -2.20. The van der Waals surface area contributed by atoms with Crippen LogP contribution >= 0.6 is 0 Å². The van der Waals surface area contributed by atoms with Crippen molar-refractivity contribution in [2.24, 2.45) is 5.92 Å². The van der Waals surface area contributed by atoms with E-state index < -0.39 is 9.84 Å². The van der Waals surface area contributed by atoms with Gasteiger partial charge in [0.05, 0.1) is 5.75 Å². The fourth-order valence-electron chi connectivity index (χ4n) is 2.45. The highest BCUT2D eigenvalue weighted by atomic mass is 32.2. The van der Waals surface area contributed by atoms with E-state index in [4.69, 9.17) is 0 Å². The number of rotatable bonds is 8. The third-order valence-corrected chi connectivity index (χ3v) is 5.44. The summed E-state index contributed by atoms with van der Waals surface area (Å²) in [6.45, 7) is 10.2. The summed E-state index contributed by atoms with van der Waals surface area (Å²) < 4.78 is 23.0. The average Bonchev–Trinajstić information content (AvgIpc) is 2.73. The number of sulfone groups is 1. The highest BCUT2D eigenvalue weighted by molar-refractivity contribution is 7.91. The second-order valence-electron chi connectivity index (χ2n) is 5.60. The molecule has 1 heterocycles. The van der Waals surface area contributed by atoms with Gasteiger partial charge in [-0.15, -0.1) is 0 Å². The van der Waals surface area contributed by atoms with Crippen LogP contribution in [0, 0.1) is 5.92 Å². The monoisotopic (exact) mass is 276 g/mol. The van der Waals surface area contributed by atoms with Crippen LogP contribution in [0.25, 0.3) is 0 Å². The summed E-state index contributed by atoms with van der Waals surface area (Å²) in [5, 5.41) is 3.30. The maximum Gasteiger partial charge on any atom is 0.151 e. The number of hydrogen-bond donors (Lipinski definition) is 1. The molecule has 4 nitrogen and oxygen atoms in total. The van der Waals surface area contributed by atoms with Crippen LogP contribution in [0.5, 0.6) is 0 Å². The third kappa shape index (κ3) is 5.67. The van der Waals surface area contributed by atoms with Gasteiger partial charge < -0.3 is 10.2 Å². The van der Waals surface area contributed by atoms with Gasteiger partial charge in [-0.25, -0.2) is 8.42 Å². The molecule has 1 atom stereocenters. The Bertz CT molecular complexity index is 328. The molecule has 1 unspecified atom stereocenters. The van der Waals surface area contributed by atoms with E-state index in [2.05, 4.69) is 24.1 Å². The van der Waals surface area contributed by atoms with Gasteiger partial charge in [0, 0.05) is 24.9 Å². The SMILES string of the molecule is CCCS(=O)(=O)CCNCC1CCN(C(C)C)C1. The summed E-state index contributed by atoms with van der Waals surface area (Å²) in [6.07, 6.45) is 1.95. The molecule has 0 spiro atoms. The van der Waals surface area contributed by atoms with Crippen LogP contribution < -0.4 is 5.32 Å². The van der Waals surface area contributed by atoms with E-state index in [1.165, 1.54) is 13.0 Å². The van der Waals surface area contributed by atoms with Crippen LogP contribution in [0.2, 0.25) is 0 Å². The Morgan fingerprint density at radius 2 is 2.06 bits per heavy atom. The van der Waals surface area contributed by atoms with Crippen molar-refractivity contribution in [2.75, 3.05) is 37.7 Å². The largest absolute Gasteiger partial charge is 0.315 e. The van der Waals surface area contributed by atoms with Crippen molar-refractivity contribution in [1.29, 1.82) is 0 Å². The van der Waals surface area contributed by atoms with E-state index >= 15 is 0 Å². The minimum absolute atomic E-state index is 0.279. The van der Waals surface area contributed by atoms with E-state index in [0.717, 1.165) is 13.1 Å². The second kappa shape index (κ2) is 7.46. The van der Waals surface area contributed by atoms with Crippen LogP contribution in [0.3, 0.4) is 0 Å². The number of nitrogens with zero attached hydrogens (tertiary/aromatic N) is 1. The highest BCUT2D eigenvalue weighted by Crippen LogP contribution is 2.17. The van der Waals surface area contributed by atoms with E-state index in [1.54, 1.807) is 0 Å². The van der Waals surface area contributed by atoms with Gasteiger partial charge in [-0.3, -0.25) is 0 Å². The van der Waals surface area contributed by atoms with Gasteiger partial charge in [0.15, 0.2) is 9.84 Å². The van der Waals surface area contributed by atoms with Crippen LogP contribution in [0.1, 0.15) is 33.6 Å². The minimum Gasteiger partial charge on any atom is -0.315 e. The second-order valence-corrected chi connectivity index (χ2v) is 7.90. The Morgan fingerprint density at radius 3 is 2.61 bits per heavy atom. The zero-order valence-corrected chi connectivity index (χ0v) is 12.8. The molecule has 0 saturated carbocycles. The Hall–Kier alpha value is -0.130. The zero-order valence-electron chi connectivity index (χ0n) is 12.0. The molecule has 0 radical (unpaired) electrons. The van der Waals surface area contributed by atoms with E-state index in [1.807, 2.05) is 6.92 Å². The molecule has 18 heavy (non-hydrogen) atoms. The molecule has 1 aliphatic heterocycles. The average molecular weight is 276 g/mol. The van der Waals surface area contributed by atoms with Crippen molar-refractivity contribution in [1.82, 2.24) is 10.2 Å². The Labute approximate surface area is 112 Å². The highest BCUT2D eigenvalue weighted by Gasteiger charge is 2.23. The molecule has 1 fully saturated rings. The number of nitrogens with one attached hydrogen (secondary N) is 1. The fraction of sp³-hybridized carbons (Fsp3) is 1.00.